The zero-order chi connectivity index (χ0) is 11.2. The molecule has 6 heteroatoms. The summed E-state index contributed by atoms with van der Waals surface area (Å²) in [5, 5.41) is 0. The quantitative estimate of drug-likeness (QED) is 0.486. The molecule has 0 aromatic rings. The topological polar surface area (TPSA) is 73.0 Å². The Bertz CT molecular complexity index is 483. The van der Waals surface area contributed by atoms with Gasteiger partial charge in [0, 0.05) is 11.8 Å². The summed E-state index contributed by atoms with van der Waals surface area (Å²) in [4.78, 5) is 12.0. The molecule has 0 aromatic heterocycles. The molecule has 0 spiro atoms. The van der Waals surface area contributed by atoms with E-state index in [9.17, 15) is 13.2 Å². The lowest BCUT2D eigenvalue weighted by atomic mass is 9.86. The van der Waals surface area contributed by atoms with Gasteiger partial charge in [-0.05, 0) is 12.3 Å². The van der Waals surface area contributed by atoms with Gasteiger partial charge in [-0.3, -0.25) is 8.98 Å². The fourth-order valence-corrected chi connectivity index (χ4v) is 4.78. The minimum absolute atomic E-state index is 0.0701. The van der Waals surface area contributed by atoms with Crippen LogP contribution in [0.3, 0.4) is 0 Å². The van der Waals surface area contributed by atoms with Crippen molar-refractivity contribution in [2.24, 2.45) is 23.7 Å². The number of fused-ring (bicyclic) bond motifs is 4. The number of carbonyl (C=O) groups excluding carboxylic acids is 1. The van der Waals surface area contributed by atoms with Crippen molar-refractivity contribution in [3.05, 3.63) is 0 Å². The van der Waals surface area contributed by atoms with E-state index in [1.807, 2.05) is 0 Å². The van der Waals surface area contributed by atoms with Gasteiger partial charge in [-0.25, -0.2) is 0 Å². The molecule has 16 heavy (non-hydrogen) atoms. The van der Waals surface area contributed by atoms with Crippen molar-refractivity contribution in [2.45, 2.75) is 24.7 Å². The third-order valence-corrected chi connectivity index (χ3v) is 5.10. The van der Waals surface area contributed by atoms with Crippen LogP contribution in [0.25, 0.3) is 0 Å². The molecule has 88 valence electrons. The number of ether oxygens (including phenoxy) is 1. The van der Waals surface area contributed by atoms with E-state index in [-0.39, 0.29) is 35.7 Å². The lowest BCUT2D eigenvalue weighted by Crippen LogP contribution is -2.27. The Morgan fingerprint density at radius 2 is 2.12 bits per heavy atom. The van der Waals surface area contributed by atoms with Gasteiger partial charge in [-0.1, -0.05) is 0 Å². The van der Waals surface area contributed by atoms with Crippen LogP contribution in [0, 0.1) is 23.7 Å². The number of carbonyl (C=O) groups is 1. The third-order valence-electron chi connectivity index (χ3n) is 4.53. The van der Waals surface area contributed by atoms with Gasteiger partial charge in [0.25, 0.3) is 10.1 Å². The number of rotatable bonds is 2. The van der Waals surface area contributed by atoms with Crippen molar-refractivity contribution < 1.29 is 22.1 Å². The summed E-state index contributed by atoms with van der Waals surface area (Å²) >= 11 is 0. The molecular weight excluding hydrogens is 232 g/mol. The molecule has 0 N–H and O–H groups in total. The summed E-state index contributed by atoms with van der Waals surface area (Å²) in [6, 6.07) is 0. The van der Waals surface area contributed by atoms with Gasteiger partial charge >= 0.3 is 0 Å². The second kappa shape index (κ2) is 2.52. The highest BCUT2D eigenvalue weighted by Crippen LogP contribution is 2.65. The van der Waals surface area contributed by atoms with E-state index >= 15 is 0 Å². The first-order valence-corrected chi connectivity index (χ1v) is 7.36. The Labute approximate surface area is 93.2 Å². The molecule has 4 aliphatic rings. The van der Waals surface area contributed by atoms with Gasteiger partial charge in [0.15, 0.2) is 0 Å². The van der Waals surface area contributed by atoms with Crippen molar-refractivity contribution in [3.63, 3.8) is 0 Å². The van der Waals surface area contributed by atoms with E-state index in [4.69, 9.17) is 8.92 Å². The number of Topliss-reactive ketones (excluding diaryl/α,β-unsaturated/α-hetero) is 1. The molecule has 0 radical (unpaired) electrons. The molecule has 3 aliphatic carbocycles. The predicted octanol–water partition coefficient (Wildman–Crippen LogP) is -0.437. The molecule has 1 aliphatic heterocycles. The predicted molar refractivity (Wildman–Crippen MR) is 52.0 cm³/mol. The van der Waals surface area contributed by atoms with Crippen LogP contribution in [0.15, 0.2) is 0 Å². The lowest BCUT2D eigenvalue weighted by Gasteiger charge is -2.20. The molecule has 0 aromatic carbocycles. The first-order valence-electron chi connectivity index (χ1n) is 5.55. The standard InChI is InChI=1S/C10H12O5S/c1-16(12,13)15-8-4-2-3-5(8)6(7(4)11)10-9(3)14-10/h3-6,8-10H,2H2,1H3/t3-,4-,5+,6-,8-,9+,10-/m1/s1. The van der Waals surface area contributed by atoms with E-state index < -0.39 is 16.2 Å². The fourth-order valence-electron chi connectivity index (χ4n) is 4.12. The summed E-state index contributed by atoms with van der Waals surface area (Å²) in [5.74, 6) is 0.326. The maximum atomic E-state index is 12.0. The SMILES string of the molecule is CS(=O)(=O)O[C@H]1[C@H]2[C@H]3C[C@@H]1C(=O)[C@@H]2[C@H]1O[C@@H]31. The van der Waals surface area contributed by atoms with Crippen molar-refractivity contribution in [1.82, 2.24) is 0 Å². The van der Waals surface area contributed by atoms with Crippen molar-refractivity contribution in [2.75, 3.05) is 6.26 Å². The second-order valence-corrected chi connectivity index (χ2v) is 6.94. The summed E-state index contributed by atoms with van der Waals surface area (Å²) in [6.07, 6.45) is 1.67. The summed E-state index contributed by atoms with van der Waals surface area (Å²) in [5.41, 5.74) is 0. The van der Waals surface area contributed by atoms with E-state index in [1.165, 1.54) is 0 Å². The zero-order valence-electron chi connectivity index (χ0n) is 8.70. The van der Waals surface area contributed by atoms with Gasteiger partial charge in [0.05, 0.1) is 30.5 Å². The van der Waals surface area contributed by atoms with Crippen LogP contribution in [0.2, 0.25) is 0 Å². The largest absolute Gasteiger partial charge is 0.368 e. The van der Waals surface area contributed by atoms with E-state index in [1.54, 1.807) is 0 Å². The van der Waals surface area contributed by atoms with Gasteiger partial charge in [0.1, 0.15) is 5.78 Å². The van der Waals surface area contributed by atoms with Gasteiger partial charge < -0.3 is 4.74 Å². The van der Waals surface area contributed by atoms with Crippen molar-refractivity contribution in [3.8, 4) is 0 Å². The monoisotopic (exact) mass is 244 g/mol. The summed E-state index contributed by atoms with van der Waals surface area (Å²) in [6.45, 7) is 0. The first kappa shape index (κ1) is 9.56. The Morgan fingerprint density at radius 1 is 1.38 bits per heavy atom. The van der Waals surface area contributed by atoms with Crippen LogP contribution in [0.1, 0.15) is 6.42 Å². The normalized spacial score (nSPS) is 56.8. The molecule has 0 unspecified atom stereocenters. The molecule has 4 fully saturated rings. The molecule has 5 nitrogen and oxygen atoms in total. The van der Waals surface area contributed by atoms with Crippen LogP contribution in [-0.4, -0.2) is 38.8 Å². The number of hydrogen-bond acceptors (Lipinski definition) is 5. The lowest BCUT2D eigenvalue weighted by molar-refractivity contribution is -0.127. The Hall–Kier alpha value is -0.460. The van der Waals surface area contributed by atoms with Gasteiger partial charge in [0.2, 0.25) is 0 Å². The second-order valence-electron chi connectivity index (χ2n) is 5.34. The molecule has 1 heterocycles. The van der Waals surface area contributed by atoms with E-state index in [0.29, 0.717) is 5.92 Å². The maximum Gasteiger partial charge on any atom is 0.264 e. The highest BCUT2D eigenvalue weighted by molar-refractivity contribution is 7.86. The Kier molecular flexibility index (Phi) is 1.50. The van der Waals surface area contributed by atoms with Crippen LogP contribution in [0.4, 0.5) is 0 Å². The Morgan fingerprint density at radius 3 is 2.81 bits per heavy atom. The molecule has 3 saturated carbocycles. The molecule has 1 saturated heterocycles. The first-order chi connectivity index (χ1) is 7.47. The molecule has 7 atom stereocenters. The molecular formula is C10H12O5S. The number of ketones is 1. The fraction of sp³-hybridized carbons (Fsp3) is 0.900. The van der Waals surface area contributed by atoms with Crippen molar-refractivity contribution in [1.29, 1.82) is 0 Å². The highest BCUT2D eigenvalue weighted by atomic mass is 32.2. The third kappa shape index (κ3) is 0.983. The van der Waals surface area contributed by atoms with Crippen molar-refractivity contribution >= 4 is 15.9 Å². The maximum absolute atomic E-state index is 12.0. The Balaban J connectivity index is 1.71. The van der Waals surface area contributed by atoms with E-state index in [2.05, 4.69) is 0 Å². The zero-order valence-corrected chi connectivity index (χ0v) is 9.51. The highest BCUT2D eigenvalue weighted by Gasteiger charge is 2.75. The number of hydrogen-bond donors (Lipinski definition) is 0. The van der Waals surface area contributed by atoms with Crippen LogP contribution >= 0.6 is 0 Å². The molecule has 2 bridgehead atoms. The average Bonchev–Trinajstić information content (AvgIpc) is 2.72. The average molecular weight is 244 g/mol. The molecule has 4 rings (SSSR count). The van der Waals surface area contributed by atoms with Crippen LogP contribution in [-0.2, 0) is 23.8 Å². The van der Waals surface area contributed by atoms with Gasteiger partial charge in [-0.2, -0.15) is 8.42 Å². The summed E-state index contributed by atoms with van der Waals surface area (Å²) < 4.78 is 32.9. The minimum Gasteiger partial charge on any atom is -0.368 e. The van der Waals surface area contributed by atoms with E-state index in [0.717, 1.165) is 12.7 Å². The van der Waals surface area contributed by atoms with Gasteiger partial charge in [-0.15, -0.1) is 0 Å². The smallest absolute Gasteiger partial charge is 0.264 e. The summed E-state index contributed by atoms with van der Waals surface area (Å²) in [7, 11) is -3.47. The number of epoxide rings is 1. The molecule has 0 amide bonds. The van der Waals surface area contributed by atoms with Crippen LogP contribution in [0.5, 0.6) is 0 Å². The van der Waals surface area contributed by atoms with Crippen LogP contribution < -0.4 is 0 Å². The minimum atomic E-state index is -3.47.